The zero-order valence-corrected chi connectivity index (χ0v) is 17.8. The average Bonchev–Trinajstić information content (AvgIpc) is 3.19. The number of nitrogens with zero attached hydrogens (tertiary/aromatic N) is 2. The quantitative estimate of drug-likeness (QED) is 0.495. The van der Waals surface area contributed by atoms with Crippen LogP contribution in [0.1, 0.15) is 5.56 Å². The summed E-state index contributed by atoms with van der Waals surface area (Å²) in [6, 6.07) is 15.2. The number of hydrogen-bond acceptors (Lipinski definition) is 8. The molecule has 0 unspecified atom stereocenters. The van der Waals surface area contributed by atoms with Crippen LogP contribution in [0, 0.1) is 0 Å². The molecule has 1 amide bonds. The summed E-state index contributed by atoms with van der Waals surface area (Å²) in [4.78, 5) is 12.1. The van der Waals surface area contributed by atoms with Crippen LogP contribution < -0.4 is 14.8 Å². The van der Waals surface area contributed by atoms with Gasteiger partial charge < -0.3 is 14.8 Å². The van der Waals surface area contributed by atoms with E-state index in [9.17, 15) is 4.79 Å². The minimum atomic E-state index is -0.0964. The number of rotatable bonds is 9. The molecule has 9 heteroatoms. The first kappa shape index (κ1) is 20.5. The Morgan fingerprint density at radius 1 is 1.00 bits per heavy atom. The van der Waals surface area contributed by atoms with E-state index in [2.05, 4.69) is 15.5 Å². The van der Waals surface area contributed by atoms with Gasteiger partial charge in [-0.3, -0.25) is 4.79 Å². The van der Waals surface area contributed by atoms with Crippen molar-refractivity contribution in [2.75, 3.05) is 25.3 Å². The van der Waals surface area contributed by atoms with Crippen molar-refractivity contribution in [3.05, 3.63) is 54.1 Å². The SMILES string of the molecule is COc1ccc(CSc2nnc(SCC(=O)Nc3cccc(OC)c3)s2)cc1. The maximum atomic E-state index is 12.1. The summed E-state index contributed by atoms with van der Waals surface area (Å²) in [6.45, 7) is 0. The van der Waals surface area contributed by atoms with Gasteiger partial charge >= 0.3 is 0 Å². The minimum absolute atomic E-state index is 0.0964. The van der Waals surface area contributed by atoms with Crippen LogP contribution in [-0.2, 0) is 10.5 Å². The summed E-state index contributed by atoms with van der Waals surface area (Å²) >= 11 is 4.50. The molecule has 1 N–H and O–H groups in total. The fraction of sp³-hybridized carbons (Fsp3) is 0.211. The van der Waals surface area contributed by atoms with Crippen molar-refractivity contribution < 1.29 is 14.3 Å². The van der Waals surface area contributed by atoms with Gasteiger partial charge in [-0.2, -0.15) is 0 Å². The molecule has 0 aliphatic carbocycles. The van der Waals surface area contributed by atoms with Crippen LogP contribution in [0.15, 0.2) is 57.2 Å². The smallest absolute Gasteiger partial charge is 0.234 e. The average molecular weight is 434 g/mol. The second-order valence-corrected chi connectivity index (χ2v) is 8.96. The van der Waals surface area contributed by atoms with Crippen LogP contribution in [-0.4, -0.2) is 36.1 Å². The number of benzene rings is 2. The maximum absolute atomic E-state index is 12.1. The third-order valence-corrected chi connectivity index (χ3v) is 6.85. The maximum Gasteiger partial charge on any atom is 0.234 e. The van der Waals surface area contributed by atoms with Crippen LogP contribution in [0.4, 0.5) is 5.69 Å². The highest BCUT2D eigenvalue weighted by Gasteiger charge is 2.10. The van der Waals surface area contributed by atoms with Gasteiger partial charge in [0, 0.05) is 17.5 Å². The van der Waals surface area contributed by atoms with Crippen LogP contribution in [0.2, 0.25) is 0 Å². The highest BCUT2D eigenvalue weighted by molar-refractivity contribution is 8.03. The molecule has 0 saturated carbocycles. The van der Waals surface area contributed by atoms with E-state index >= 15 is 0 Å². The van der Waals surface area contributed by atoms with Gasteiger partial charge in [0.2, 0.25) is 5.91 Å². The van der Waals surface area contributed by atoms with Gasteiger partial charge in [-0.1, -0.05) is 53.1 Å². The van der Waals surface area contributed by atoms with Gasteiger partial charge in [-0.25, -0.2) is 0 Å². The van der Waals surface area contributed by atoms with Crippen molar-refractivity contribution in [2.45, 2.75) is 14.4 Å². The molecule has 0 aliphatic rings. The first-order chi connectivity index (χ1) is 13.7. The monoisotopic (exact) mass is 433 g/mol. The molecular formula is C19H19N3O3S3. The van der Waals surface area contributed by atoms with Crippen LogP contribution in [0.25, 0.3) is 0 Å². The van der Waals surface area contributed by atoms with Gasteiger partial charge in [-0.05, 0) is 29.8 Å². The van der Waals surface area contributed by atoms with Crippen LogP contribution >= 0.6 is 34.9 Å². The van der Waals surface area contributed by atoms with E-state index in [1.54, 1.807) is 32.0 Å². The van der Waals surface area contributed by atoms with Crippen molar-refractivity contribution in [2.24, 2.45) is 0 Å². The number of hydrogen-bond donors (Lipinski definition) is 1. The summed E-state index contributed by atoms with van der Waals surface area (Å²) in [5.74, 6) is 2.53. The number of thioether (sulfide) groups is 2. The molecule has 3 rings (SSSR count). The molecule has 0 saturated heterocycles. The predicted molar refractivity (Wildman–Crippen MR) is 115 cm³/mol. The highest BCUT2D eigenvalue weighted by atomic mass is 32.2. The Morgan fingerprint density at radius 3 is 2.43 bits per heavy atom. The number of carbonyl (C=O) groups is 1. The Labute approximate surface area is 176 Å². The number of methoxy groups -OCH3 is 2. The molecule has 6 nitrogen and oxygen atoms in total. The van der Waals surface area contributed by atoms with Crippen molar-refractivity contribution in [1.29, 1.82) is 0 Å². The van der Waals surface area contributed by atoms with E-state index in [1.165, 1.54) is 28.7 Å². The highest BCUT2D eigenvalue weighted by Crippen LogP contribution is 2.31. The standard InChI is InChI=1S/C19H19N3O3S3/c1-24-15-8-6-13(7-9-15)11-26-18-21-22-19(28-18)27-12-17(23)20-14-4-3-5-16(10-14)25-2/h3-10H,11-12H2,1-2H3,(H,20,23). The molecule has 1 aromatic heterocycles. The normalized spacial score (nSPS) is 10.5. The minimum Gasteiger partial charge on any atom is -0.497 e. The van der Waals surface area contributed by atoms with Gasteiger partial charge in [0.05, 0.1) is 20.0 Å². The number of carbonyl (C=O) groups excluding carboxylic acids is 1. The zero-order valence-electron chi connectivity index (χ0n) is 15.4. The van der Waals surface area contributed by atoms with E-state index < -0.39 is 0 Å². The Hall–Kier alpha value is -2.23. The summed E-state index contributed by atoms with van der Waals surface area (Å²) in [6.07, 6.45) is 0. The molecule has 0 spiro atoms. The molecule has 28 heavy (non-hydrogen) atoms. The summed E-state index contributed by atoms with van der Waals surface area (Å²) in [5, 5.41) is 11.2. The topological polar surface area (TPSA) is 73.3 Å². The molecule has 0 bridgehead atoms. The summed E-state index contributed by atoms with van der Waals surface area (Å²) in [5.41, 5.74) is 1.89. The first-order valence-corrected chi connectivity index (χ1v) is 11.1. The van der Waals surface area contributed by atoms with Gasteiger partial charge in [-0.15, -0.1) is 10.2 Å². The lowest BCUT2D eigenvalue weighted by Gasteiger charge is -2.06. The van der Waals surface area contributed by atoms with Gasteiger partial charge in [0.15, 0.2) is 8.68 Å². The molecular weight excluding hydrogens is 414 g/mol. The van der Waals surface area contributed by atoms with E-state index in [1.807, 2.05) is 42.5 Å². The predicted octanol–water partition coefficient (Wildman–Crippen LogP) is 4.58. The lowest BCUT2D eigenvalue weighted by atomic mass is 10.2. The van der Waals surface area contributed by atoms with E-state index in [0.717, 1.165) is 20.2 Å². The molecule has 2 aromatic carbocycles. The fourth-order valence-corrected chi connectivity index (χ4v) is 4.98. The molecule has 1 heterocycles. The Balaban J connectivity index is 1.45. The largest absolute Gasteiger partial charge is 0.497 e. The van der Waals surface area contributed by atoms with Crippen LogP contribution in [0.3, 0.4) is 0 Å². The third-order valence-electron chi connectivity index (χ3n) is 3.59. The lowest BCUT2D eigenvalue weighted by Crippen LogP contribution is -2.13. The lowest BCUT2D eigenvalue weighted by molar-refractivity contribution is -0.113. The van der Waals surface area contributed by atoms with E-state index in [0.29, 0.717) is 11.4 Å². The molecule has 0 atom stereocenters. The van der Waals surface area contributed by atoms with Gasteiger partial charge in [0.25, 0.3) is 0 Å². The van der Waals surface area contributed by atoms with Crippen molar-refractivity contribution >= 4 is 46.5 Å². The fourth-order valence-electron chi connectivity index (χ4n) is 2.21. The number of aromatic nitrogens is 2. The number of anilines is 1. The van der Waals surface area contributed by atoms with E-state index in [-0.39, 0.29) is 11.7 Å². The summed E-state index contributed by atoms with van der Waals surface area (Å²) < 4.78 is 12.0. The third kappa shape index (κ3) is 6.15. The number of nitrogens with one attached hydrogen (secondary N) is 1. The number of amides is 1. The Kier molecular flexibility index (Phi) is 7.58. The molecule has 146 valence electrons. The first-order valence-electron chi connectivity index (χ1n) is 8.32. The molecule has 0 aliphatic heterocycles. The van der Waals surface area contributed by atoms with Crippen molar-refractivity contribution in [1.82, 2.24) is 10.2 Å². The van der Waals surface area contributed by atoms with E-state index in [4.69, 9.17) is 9.47 Å². The second-order valence-electron chi connectivity index (χ2n) is 5.54. The van der Waals surface area contributed by atoms with Crippen molar-refractivity contribution in [3.8, 4) is 11.5 Å². The summed E-state index contributed by atoms with van der Waals surface area (Å²) in [7, 11) is 3.25. The Bertz CT molecular complexity index is 916. The Morgan fingerprint density at radius 2 is 1.71 bits per heavy atom. The van der Waals surface area contributed by atoms with Crippen LogP contribution in [0.5, 0.6) is 11.5 Å². The van der Waals surface area contributed by atoms with Crippen molar-refractivity contribution in [3.63, 3.8) is 0 Å². The molecule has 0 radical (unpaired) electrons. The number of ether oxygens (including phenoxy) is 2. The molecule has 0 fully saturated rings. The second kappa shape index (κ2) is 10.4. The van der Waals surface area contributed by atoms with Gasteiger partial charge in [0.1, 0.15) is 11.5 Å². The zero-order chi connectivity index (χ0) is 19.8. The molecule has 3 aromatic rings.